The number of rotatable bonds is 4. The minimum atomic E-state index is -1.73. The van der Waals surface area contributed by atoms with Crippen molar-refractivity contribution in [1.29, 1.82) is 0 Å². The van der Waals surface area contributed by atoms with E-state index in [2.05, 4.69) is 73.7 Å². The van der Waals surface area contributed by atoms with Crippen LogP contribution in [0.4, 0.5) is 0 Å². The van der Waals surface area contributed by atoms with Gasteiger partial charge >= 0.3 is 56.5 Å². The van der Waals surface area contributed by atoms with E-state index in [0.717, 1.165) is 11.3 Å². The van der Waals surface area contributed by atoms with Gasteiger partial charge in [0.05, 0.1) is 0 Å². The molecule has 0 unspecified atom stereocenters. The number of hydrogen-bond acceptors (Lipinski definition) is 2. The summed E-state index contributed by atoms with van der Waals surface area (Å²) in [5, 5.41) is 0.219. The summed E-state index contributed by atoms with van der Waals surface area (Å²) in [5.74, 6) is 0.929. The molecule has 7 nitrogen and oxygen atoms in total. The predicted octanol–water partition coefficient (Wildman–Crippen LogP) is 3.91. The molecule has 1 aromatic carbocycles. The molecular formula is C19H22CrO7Si. The van der Waals surface area contributed by atoms with E-state index < -0.39 is 8.32 Å². The second-order valence-corrected chi connectivity index (χ2v) is 10.4. The fourth-order valence-corrected chi connectivity index (χ4v) is 2.19. The summed E-state index contributed by atoms with van der Waals surface area (Å²) in [6.45, 7) is 36.5. The SMILES string of the molecule is CO[C]c1ccc(O[Si](C)(C)C(C)(C)C)cc1.[C-]#[O+].[C-]#[O+].[C-]#[O+].[C-]#[O+].[C-]#[O+].[Cr]. The molecule has 0 amide bonds. The van der Waals surface area contributed by atoms with Crippen LogP contribution in [0.25, 0.3) is 0 Å². The zero-order chi connectivity index (χ0) is 23.1. The van der Waals surface area contributed by atoms with Gasteiger partial charge in [0.2, 0.25) is 8.32 Å². The fraction of sp³-hybridized carbons (Fsp3) is 0.368. The molecule has 1 rings (SSSR count). The van der Waals surface area contributed by atoms with Crippen LogP contribution in [0.15, 0.2) is 24.3 Å². The first-order chi connectivity index (χ1) is 12.8. The average Bonchev–Trinajstić information content (AvgIpc) is 2.70. The number of ether oxygens (including phenoxy) is 1. The monoisotopic (exact) mass is 442 g/mol. The van der Waals surface area contributed by atoms with Crippen molar-refractivity contribution in [2.75, 3.05) is 7.11 Å². The van der Waals surface area contributed by atoms with Crippen molar-refractivity contribution in [3.8, 4) is 5.75 Å². The van der Waals surface area contributed by atoms with Crippen LogP contribution in [0.2, 0.25) is 18.1 Å². The molecule has 2 radical (unpaired) electrons. The van der Waals surface area contributed by atoms with Gasteiger partial charge in [0, 0.05) is 24.5 Å². The van der Waals surface area contributed by atoms with E-state index in [4.69, 9.17) is 32.4 Å². The number of hydrogen-bond donors (Lipinski definition) is 0. The van der Waals surface area contributed by atoms with E-state index in [-0.39, 0.29) is 22.4 Å². The minimum Gasteiger partial charge on any atom is 0 e. The first-order valence-corrected chi connectivity index (χ1v) is 9.77. The molecule has 0 fully saturated rings. The minimum absolute atomic E-state index is 0. The van der Waals surface area contributed by atoms with Gasteiger partial charge < -0.3 is 9.16 Å². The van der Waals surface area contributed by atoms with Crippen LogP contribution in [0, 0.1) is 39.9 Å². The molecule has 0 aliphatic rings. The van der Waals surface area contributed by atoms with Crippen LogP contribution in [0.3, 0.4) is 0 Å². The topological polar surface area (TPSA) is 118 Å². The van der Waals surface area contributed by atoms with E-state index in [1.165, 1.54) is 0 Å². The Kier molecular flexibility index (Phi) is 40.4. The van der Waals surface area contributed by atoms with Crippen molar-refractivity contribution >= 4 is 8.32 Å². The maximum absolute atomic E-state index is 7.50. The number of methoxy groups -OCH3 is 1. The van der Waals surface area contributed by atoms with Crippen molar-refractivity contribution < 1.29 is 49.8 Å². The fourth-order valence-electron chi connectivity index (χ4n) is 1.16. The molecule has 9 heteroatoms. The Morgan fingerprint density at radius 2 is 1.11 bits per heavy atom. The molecule has 0 aromatic heterocycles. The van der Waals surface area contributed by atoms with E-state index in [1.807, 2.05) is 24.3 Å². The Morgan fingerprint density at radius 3 is 1.36 bits per heavy atom. The van der Waals surface area contributed by atoms with Crippen LogP contribution in [-0.2, 0) is 45.4 Å². The van der Waals surface area contributed by atoms with Gasteiger partial charge in [0.1, 0.15) is 5.75 Å². The van der Waals surface area contributed by atoms with E-state index in [9.17, 15) is 0 Å². The Hall–Kier alpha value is -1.57. The summed E-state index contributed by atoms with van der Waals surface area (Å²) < 4.78 is 48.5. The first-order valence-electron chi connectivity index (χ1n) is 6.86. The molecule has 28 heavy (non-hydrogen) atoms. The molecule has 150 valence electrons. The Labute approximate surface area is 179 Å². The largest absolute Gasteiger partial charge is 0 e. The second kappa shape index (κ2) is 27.6. The van der Waals surface area contributed by atoms with Crippen molar-refractivity contribution in [3.63, 3.8) is 0 Å². The van der Waals surface area contributed by atoms with Gasteiger partial charge in [-0.2, -0.15) is 0 Å². The Balaban J connectivity index is -0.0000000956. The molecular weight excluding hydrogens is 420 g/mol. The summed E-state index contributed by atoms with van der Waals surface area (Å²) in [6, 6.07) is 7.85. The van der Waals surface area contributed by atoms with Gasteiger partial charge in [-0.15, -0.1) is 0 Å². The standard InChI is InChI=1S/C14H22O2Si.5CO.Cr/c1-14(2,3)17(5,6)16-13-9-7-12(8-10-13)11-15-4;5*1-2;/h7-10H,1-6H3;;;;;;. The predicted molar refractivity (Wildman–Crippen MR) is 93.3 cm³/mol. The summed E-state index contributed by atoms with van der Waals surface area (Å²) in [6.07, 6.45) is 0. The first kappa shape index (κ1) is 40.9. The van der Waals surface area contributed by atoms with Gasteiger partial charge in [0.15, 0.2) is 6.61 Å². The Morgan fingerprint density at radius 1 is 0.786 bits per heavy atom. The smallest absolute Gasteiger partial charge is 0 e. The summed E-state index contributed by atoms with van der Waals surface area (Å²) >= 11 is 0. The van der Waals surface area contributed by atoms with Gasteiger partial charge in [-0.1, -0.05) is 32.9 Å². The van der Waals surface area contributed by atoms with Crippen molar-refractivity contribution in [3.05, 3.63) is 69.7 Å². The van der Waals surface area contributed by atoms with Crippen LogP contribution >= 0.6 is 0 Å². The third-order valence-corrected chi connectivity index (χ3v) is 7.61. The summed E-state index contributed by atoms with van der Waals surface area (Å²) in [5.41, 5.74) is 0.926. The van der Waals surface area contributed by atoms with Gasteiger partial charge in [-0.3, -0.25) is 0 Å². The molecule has 0 atom stereocenters. The molecule has 0 bridgehead atoms. The van der Waals surface area contributed by atoms with E-state index in [1.54, 1.807) is 7.11 Å². The number of benzene rings is 1. The van der Waals surface area contributed by atoms with Gasteiger partial charge in [-0.05, 0) is 35.8 Å². The normalized spacial score (nSPS) is 8.00. The maximum atomic E-state index is 7.50. The van der Waals surface area contributed by atoms with Crippen molar-refractivity contribution in [2.24, 2.45) is 0 Å². The van der Waals surface area contributed by atoms with Crippen molar-refractivity contribution in [1.82, 2.24) is 0 Å². The Bertz CT molecular complexity index is 518. The van der Waals surface area contributed by atoms with Gasteiger partial charge in [0.25, 0.3) is 0 Å². The third kappa shape index (κ3) is 20.7. The third-order valence-electron chi connectivity index (χ3n) is 3.25. The van der Waals surface area contributed by atoms with E-state index in [0.29, 0.717) is 0 Å². The van der Waals surface area contributed by atoms with E-state index >= 15 is 0 Å². The zero-order valence-electron chi connectivity index (χ0n) is 16.6. The average molecular weight is 442 g/mol. The van der Waals surface area contributed by atoms with Crippen LogP contribution in [-0.4, -0.2) is 15.4 Å². The van der Waals surface area contributed by atoms with Crippen LogP contribution in [0.5, 0.6) is 5.75 Å². The molecule has 0 spiro atoms. The maximum Gasteiger partial charge on any atom is 0 e. The zero-order valence-corrected chi connectivity index (χ0v) is 18.9. The van der Waals surface area contributed by atoms with Crippen LogP contribution in [0.1, 0.15) is 26.3 Å². The molecule has 0 saturated heterocycles. The van der Waals surface area contributed by atoms with Gasteiger partial charge in [-0.25, -0.2) is 0 Å². The summed E-state index contributed by atoms with van der Waals surface area (Å²) in [4.78, 5) is 0. The second-order valence-electron chi connectivity index (χ2n) is 5.69. The molecule has 0 heterocycles. The van der Waals surface area contributed by atoms with Crippen molar-refractivity contribution in [2.45, 2.75) is 38.9 Å². The quantitative estimate of drug-likeness (QED) is 0.399. The molecule has 0 N–H and O–H groups in total. The molecule has 1 aromatic rings. The molecule has 0 saturated carbocycles. The molecule has 0 aliphatic heterocycles. The molecule has 0 aliphatic carbocycles. The summed E-state index contributed by atoms with van der Waals surface area (Å²) in [7, 11) is -0.136. The van der Waals surface area contributed by atoms with Crippen LogP contribution < -0.4 is 4.43 Å².